The van der Waals surface area contributed by atoms with Gasteiger partial charge >= 0.3 is 5.97 Å². The first-order valence-electron chi connectivity index (χ1n) is 8.35. The summed E-state index contributed by atoms with van der Waals surface area (Å²) in [4.78, 5) is 24.5. The zero-order chi connectivity index (χ0) is 15.0. The van der Waals surface area contributed by atoms with Crippen molar-refractivity contribution in [3.8, 4) is 0 Å². The van der Waals surface area contributed by atoms with Crippen LogP contribution in [-0.2, 0) is 19.1 Å². The van der Waals surface area contributed by atoms with Crippen LogP contribution in [-0.4, -0.2) is 31.1 Å². The summed E-state index contributed by atoms with van der Waals surface area (Å²) in [5.41, 5.74) is 0. The number of hydrogen-bond donors (Lipinski definition) is 0. The van der Waals surface area contributed by atoms with Gasteiger partial charge in [-0.05, 0) is 43.9 Å². The Hall–Kier alpha value is -0.900. The largest absolute Gasteiger partial charge is 0.462 e. The van der Waals surface area contributed by atoms with Gasteiger partial charge in [0.05, 0.1) is 19.1 Å². The minimum Gasteiger partial charge on any atom is -0.462 e. The third kappa shape index (κ3) is 3.31. The van der Waals surface area contributed by atoms with Crippen LogP contribution in [0.2, 0.25) is 0 Å². The molecule has 118 valence electrons. The average Bonchev–Trinajstić information content (AvgIpc) is 2.36. The van der Waals surface area contributed by atoms with E-state index < -0.39 is 0 Å². The van der Waals surface area contributed by atoms with E-state index in [2.05, 4.69) is 13.8 Å². The molecule has 3 fully saturated rings. The fourth-order valence-corrected chi connectivity index (χ4v) is 4.42. The molecule has 2 aliphatic carbocycles. The van der Waals surface area contributed by atoms with Gasteiger partial charge in [0.1, 0.15) is 11.9 Å². The highest BCUT2D eigenvalue weighted by molar-refractivity contribution is 5.87. The Kier molecular flexibility index (Phi) is 4.34. The van der Waals surface area contributed by atoms with Crippen LogP contribution in [0.3, 0.4) is 0 Å². The highest BCUT2D eigenvalue weighted by atomic mass is 16.5. The van der Waals surface area contributed by atoms with Crippen LogP contribution in [0.1, 0.15) is 46.0 Å². The van der Waals surface area contributed by atoms with E-state index in [4.69, 9.17) is 9.47 Å². The van der Waals surface area contributed by atoms with Gasteiger partial charge in [-0.3, -0.25) is 9.59 Å². The molecule has 4 nitrogen and oxygen atoms in total. The predicted octanol–water partition coefficient (Wildman–Crippen LogP) is 2.60. The number of ether oxygens (including phenoxy) is 2. The molecule has 1 aliphatic heterocycles. The second-order valence-corrected chi connectivity index (χ2v) is 7.48. The Morgan fingerprint density at radius 3 is 2.14 bits per heavy atom. The summed E-state index contributed by atoms with van der Waals surface area (Å²) in [6.45, 7) is 5.43. The number of ketones is 1. The standard InChI is InChI=1S/C17H26O4/c1-10-3-11(2)5-15(4-10)21-17(19)12-6-13-8-20-9-14(7-12)16(13)18/h10-15H,3-9H2,1-2H3. The molecule has 0 spiro atoms. The van der Waals surface area contributed by atoms with Crippen LogP contribution < -0.4 is 0 Å². The van der Waals surface area contributed by atoms with E-state index in [-0.39, 0.29) is 29.8 Å². The number of hydrogen-bond acceptors (Lipinski definition) is 4. The lowest BCUT2D eigenvalue weighted by molar-refractivity contribution is -0.164. The van der Waals surface area contributed by atoms with Crippen LogP contribution in [0.25, 0.3) is 0 Å². The highest BCUT2D eigenvalue weighted by Crippen LogP contribution is 2.36. The molecule has 0 amide bonds. The smallest absolute Gasteiger partial charge is 0.309 e. The van der Waals surface area contributed by atoms with Crippen LogP contribution in [0.15, 0.2) is 0 Å². The van der Waals surface area contributed by atoms with Gasteiger partial charge in [-0.15, -0.1) is 0 Å². The van der Waals surface area contributed by atoms with Crippen molar-refractivity contribution in [2.75, 3.05) is 13.2 Å². The van der Waals surface area contributed by atoms with E-state index in [0.717, 1.165) is 12.8 Å². The number of carbonyl (C=O) groups excluding carboxylic acids is 2. The van der Waals surface area contributed by atoms with Crippen molar-refractivity contribution in [2.45, 2.75) is 52.1 Å². The molecule has 4 heteroatoms. The molecule has 2 saturated carbocycles. The van der Waals surface area contributed by atoms with Crippen LogP contribution in [0.4, 0.5) is 0 Å². The van der Waals surface area contributed by atoms with Gasteiger partial charge < -0.3 is 9.47 Å². The third-order valence-electron chi connectivity index (χ3n) is 5.33. The first kappa shape index (κ1) is 15.0. The number of fused-ring (bicyclic) bond motifs is 2. The maximum Gasteiger partial charge on any atom is 0.309 e. The Morgan fingerprint density at radius 1 is 1.00 bits per heavy atom. The molecule has 0 radical (unpaired) electrons. The summed E-state index contributed by atoms with van der Waals surface area (Å²) in [5.74, 6) is 1.21. The Bertz CT molecular complexity index is 393. The SMILES string of the molecule is CC1CC(C)CC(OC(=O)C2CC3COCC(C2)C3=O)C1. The van der Waals surface area contributed by atoms with E-state index in [1.165, 1.54) is 6.42 Å². The van der Waals surface area contributed by atoms with Crippen molar-refractivity contribution in [1.29, 1.82) is 0 Å². The summed E-state index contributed by atoms with van der Waals surface area (Å²) < 4.78 is 11.2. The topological polar surface area (TPSA) is 52.6 Å². The van der Waals surface area contributed by atoms with Crippen molar-refractivity contribution in [1.82, 2.24) is 0 Å². The van der Waals surface area contributed by atoms with Gasteiger partial charge in [-0.1, -0.05) is 13.8 Å². The Labute approximate surface area is 126 Å². The molecule has 0 N–H and O–H groups in total. The van der Waals surface area contributed by atoms with E-state index in [9.17, 15) is 9.59 Å². The van der Waals surface area contributed by atoms with Gasteiger partial charge in [0.2, 0.25) is 0 Å². The molecule has 3 aliphatic rings. The molecular formula is C17H26O4. The first-order valence-corrected chi connectivity index (χ1v) is 8.35. The summed E-state index contributed by atoms with van der Waals surface area (Å²) in [7, 11) is 0. The fraction of sp³-hybridized carbons (Fsp3) is 0.882. The van der Waals surface area contributed by atoms with E-state index in [0.29, 0.717) is 43.7 Å². The molecule has 1 heterocycles. The second-order valence-electron chi connectivity index (χ2n) is 7.48. The van der Waals surface area contributed by atoms with Crippen LogP contribution in [0.5, 0.6) is 0 Å². The van der Waals surface area contributed by atoms with Gasteiger partial charge in [-0.2, -0.15) is 0 Å². The number of rotatable bonds is 2. The van der Waals surface area contributed by atoms with Gasteiger partial charge in [-0.25, -0.2) is 0 Å². The Balaban J connectivity index is 1.57. The highest BCUT2D eigenvalue weighted by Gasteiger charge is 2.43. The van der Waals surface area contributed by atoms with Crippen molar-refractivity contribution in [3.05, 3.63) is 0 Å². The van der Waals surface area contributed by atoms with Crippen molar-refractivity contribution >= 4 is 11.8 Å². The molecule has 1 saturated heterocycles. The molecule has 0 aromatic rings. The summed E-state index contributed by atoms with van der Waals surface area (Å²) in [6.07, 6.45) is 4.51. The maximum absolute atomic E-state index is 12.4. The summed E-state index contributed by atoms with van der Waals surface area (Å²) >= 11 is 0. The third-order valence-corrected chi connectivity index (χ3v) is 5.33. The molecular weight excluding hydrogens is 268 g/mol. The van der Waals surface area contributed by atoms with Gasteiger partial charge in [0.15, 0.2) is 0 Å². The van der Waals surface area contributed by atoms with E-state index in [1.54, 1.807) is 0 Å². The molecule has 2 bridgehead atoms. The zero-order valence-corrected chi connectivity index (χ0v) is 13.0. The van der Waals surface area contributed by atoms with Crippen LogP contribution >= 0.6 is 0 Å². The minimum absolute atomic E-state index is 0.0740. The molecule has 0 aromatic carbocycles. The van der Waals surface area contributed by atoms with Gasteiger partial charge in [0, 0.05) is 11.8 Å². The lowest BCUT2D eigenvalue weighted by atomic mass is 9.73. The molecule has 3 rings (SSSR count). The monoisotopic (exact) mass is 294 g/mol. The van der Waals surface area contributed by atoms with Gasteiger partial charge in [0.25, 0.3) is 0 Å². The molecule has 4 unspecified atom stereocenters. The van der Waals surface area contributed by atoms with E-state index in [1.807, 2.05) is 0 Å². The van der Waals surface area contributed by atoms with Crippen molar-refractivity contribution in [2.24, 2.45) is 29.6 Å². The maximum atomic E-state index is 12.4. The quantitative estimate of drug-likeness (QED) is 0.735. The molecule has 4 atom stereocenters. The van der Waals surface area contributed by atoms with Crippen molar-refractivity contribution in [3.63, 3.8) is 0 Å². The fourth-order valence-electron chi connectivity index (χ4n) is 4.42. The second kappa shape index (κ2) is 6.07. The van der Waals surface area contributed by atoms with E-state index >= 15 is 0 Å². The summed E-state index contributed by atoms with van der Waals surface area (Å²) in [5, 5.41) is 0. The minimum atomic E-state index is -0.103. The zero-order valence-electron chi connectivity index (χ0n) is 13.0. The average molecular weight is 294 g/mol. The first-order chi connectivity index (χ1) is 10.0. The lowest BCUT2D eigenvalue weighted by Crippen LogP contribution is -2.45. The summed E-state index contributed by atoms with van der Waals surface area (Å²) in [6, 6.07) is 0. The number of carbonyl (C=O) groups is 2. The lowest BCUT2D eigenvalue weighted by Gasteiger charge is -2.37. The number of esters is 1. The number of Topliss-reactive ketones (excluding diaryl/α,β-unsaturated/α-hetero) is 1. The van der Waals surface area contributed by atoms with Crippen LogP contribution in [0, 0.1) is 29.6 Å². The van der Waals surface area contributed by atoms with Crippen molar-refractivity contribution < 1.29 is 19.1 Å². The molecule has 21 heavy (non-hydrogen) atoms. The predicted molar refractivity (Wildman–Crippen MR) is 77.6 cm³/mol. The molecule has 0 aromatic heterocycles. The Morgan fingerprint density at radius 2 is 1.57 bits per heavy atom. The normalized spacial score (nSPS) is 43.4.